The molecule has 6 nitrogen and oxygen atoms in total. The maximum Gasteiger partial charge on any atom is 0.231 e. The first-order chi connectivity index (χ1) is 15.0. The number of carbonyl (C=O) groups is 1. The number of rotatable bonds is 6. The molecule has 7 heteroatoms. The van der Waals surface area contributed by atoms with Gasteiger partial charge in [-0.2, -0.15) is 0 Å². The van der Waals surface area contributed by atoms with E-state index >= 15 is 0 Å². The van der Waals surface area contributed by atoms with E-state index in [1.54, 1.807) is 23.7 Å². The van der Waals surface area contributed by atoms with Crippen molar-refractivity contribution < 1.29 is 4.79 Å². The molecule has 162 valence electrons. The van der Waals surface area contributed by atoms with Crippen LogP contribution in [0.15, 0.2) is 54.6 Å². The Morgan fingerprint density at radius 2 is 2.06 bits per heavy atom. The van der Waals surface area contributed by atoms with E-state index in [1.807, 2.05) is 23.4 Å². The average Bonchev–Trinajstić information content (AvgIpc) is 3.55. The van der Waals surface area contributed by atoms with Crippen molar-refractivity contribution in [1.82, 2.24) is 24.3 Å². The Morgan fingerprint density at radius 3 is 2.77 bits per heavy atom. The maximum atomic E-state index is 13.9. The van der Waals surface area contributed by atoms with Crippen molar-refractivity contribution in [3.05, 3.63) is 70.7 Å². The van der Waals surface area contributed by atoms with Crippen molar-refractivity contribution in [2.24, 2.45) is 5.41 Å². The third-order valence-corrected chi connectivity index (χ3v) is 7.67. The zero-order valence-electron chi connectivity index (χ0n) is 18.1. The van der Waals surface area contributed by atoms with Gasteiger partial charge in [0, 0.05) is 68.2 Å². The number of carbonyl (C=O) groups excluding carboxylic acids is 1. The van der Waals surface area contributed by atoms with Gasteiger partial charge in [-0.15, -0.1) is 11.3 Å². The van der Waals surface area contributed by atoms with Crippen molar-refractivity contribution in [3.8, 4) is 0 Å². The predicted molar refractivity (Wildman–Crippen MR) is 122 cm³/mol. The second-order valence-corrected chi connectivity index (χ2v) is 10.2. The number of hydrogen-bond acceptors (Lipinski definition) is 5. The molecule has 0 bridgehead atoms. The van der Waals surface area contributed by atoms with Gasteiger partial charge < -0.3 is 9.47 Å². The van der Waals surface area contributed by atoms with Crippen LogP contribution in [0.4, 0.5) is 0 Å². The molecule has 3 aromatic rings. The van der Waals surface area contributed by atoms with E-state index in [0.717, 1.165) is 43.9 Å². The summed E-state index contributed by atoms with van der Waals surface area (Å²) in [4.78, 5) is 28.6. The van der Waals surface area contributed by atoms with Crippen molar-refractivity contribution in [1.29, 1.82) is 0 Å². The average molecular weight is 436 g/mol. The van der Waals surface area contributed by atoms with E-state index in [0.29, 0.717) is 12.6 Å². The SMILES string of the molecule is CC(C)n1cnc([C@@H]2CN(Cc3cccs3)C[C@@]23CCN(Cc2ccncc2)C3=O)c1. The second-order valence-electron chi connectivity index (χ2n) is 9.13. The Morgan fingerprint density at radius 1 is 1.23 bits per heavy atom. The number of hydrogen-bond donors (Lipinski definition) is 0. The Bertz CT molecular complexity index is 1030. The summed E-state index contributed by atoms with van der Waals surface area (Å²) >= 11 is 1.79. The first-order valence-corrected chi connectivity index (χ1v) is 11.9. The maximum absolute atomic E-state index is 13.9. The largest absolute Gasteiger partial charge is 0.338 e. The summed E-state index contributed by atoms with van der Waals surface area (Å²) in [5.74, 6) is 0.407. The predicted octanol–water partition coefficient (Wildman–Crippen LogP) is 3.94. The summed E-state index contributed by atoms with van der Waals surface area (Å²) < 4.78 is 2.15. The summed E-state index contributed by atoms with van der Waals surface area (Å²) in [6, 6.07) is 8.65. The van der Waals surface area contributed by atoms with E-state index in [1.165, 1.54) is 4.88 Å². The Hall–Kier alpha value is -2.51. The third kappa shape index (κ3) is 3.81. The van der Waals surface area contributed by atoms with Gasteiger partial charge in [0.25, 0.3) is 0 Å². The van der Waals surface area contributed by atoms with Gasteiger partial charge in [-0.25, -0.2) is 4.98 Å². The molecule has 2 fully saturated rings. The van der Waals surface area contributed by atoms with Crippen LogP contribution in [0.3, 0.4) is 0 Å². The Kier molecular flexibility index (Phi) is 5.40. The normalized spacial score (nSPS) is 24.2. The van der Waals surface area contributed by atoms with E-state index < -0.39 is 0 Å². The van der Waals surface area contributed by atoms with Crippen LogP contribution in [0, 0.1) is 5.41 Å². The number of pyridine rings is 1. The molecule has 2 atom stereocenters. The number of imidazole rings is 1. The lowest BCUT2D eigenvalue weighted by Crippen LogP contribution is -2.39. The summed E-state index contributed by atoms with van der Waals surface area (Å²) in [7, 11) is 0. The van der Waals surface area contributed by atoms with Crippen molar-refractivity contribution >= 4 is 17.2 Å². The van der Waals surface area contributed by atoms with Gasteiger partial charge in [-0.3, -0.25) is 14.7 Å². The second kappa shape index (κ2) is 8.20. The number of nitrogens with zero attached hydrogens (tertiary/aromatic N) is 5. The van der Waals surface area contributed by atoms with E-state index in [-0.39, 0.29) is 17.2 Å². The molecule has 0 radical (unpaired) electrons. The molecule has 0 aromatic carbocycles. The fourth-order valence-corrected chi connectivity index (χ4v) is 5.88. The molecule has 1 amide bonds. The van der Waals surface area contributed by atoms with Crippen LogP contribution in [0.25, 0.3) is 0 Å². The molecule has 3 aromatic heterocycles. The molecule has 0 N–H and O–H groups in total. The summed E-state index contributed by atoms with van der Waals surface area (Å²) in [5.41, 5.74) is 1.80. The lowest BCUT2D eigenvalue weighted by molar-refractivity contribution is -0.136. The van der Waals surface area contributed by atoms with Crippen LogP contribution in [0.5, 0.6) is 0 Å². The molecule has 0 aliphatic carbocycles. The summed E-state index contributed by atoms with van der Waals surface area (Å²) in [6.45, 7) is 8.36. The molecule has 5 rings (SSSR count). The van der Waals surface area contributed by atoms with Crippen molar-refractivity contribution in [2.45, 2.75) is 45.3 Å². The fourth-order valence-electron chi connectivity index (χ4n) is 5.13. The molecule has 2 aliphatic rings. The number of thiophene rings is 1. The third-order valence-electron chi connectivity index (χ3n) is 6.81. The monoisotopic (exact) mass is 435 g/mol. The lowest BCUT2D eigenvalue weighted by atomic mass is 9.75. The van der Waals surface area contributed by atoms with Crippen LogP contribution in [0.2, 0.25) is 0 Å². The van der Waals surface area contributed by atoms with Crippen LogP contribution >= 0.6 is 11.3 Å². The topological polar surface area (TPSA) is 54.3 Å². The smallest absolute Gasteiger partial charge is 0.231 e. The van der Waals surface area contributed by atoms with Crippen molar-refractivity contribution in [3.63, 3.8) is 0 Å². The Labute approximate surface area is 187 Å². The first-order valence-electron chi connectivity index (χ1n) is 11.0. The summed E-state index contributed by atoms with van der Waals surface area (Å²) in [6.07, 6.45) is 8.56. The minimum Gasteiger partial charge on any atom is -0.338 e. The van der Waals surface area contributed by atoms with Gasteiger partial charge >= 0.3 is 0 Å². The molecular weight excluding hydrogens is 406 g/mol. The summed E-state index contributed by atoms with van der Waals surface area (Å²) in [5, 5.41) is 2.13. The minimum absolute atomic E-state index is 0.127. The van der Waals surface area contributed by atoms with E-state index in [9.17, 15) is 4.79 Å². The van der Waals surface area contributed by atoms with Crippen LogP contribution in [-0.4, -0.2) is 49.9 Å². The molecule has 2 aliphatic heterocycles. The van der Waals surface area contributed by atoms with Gasteiger partial charge in [0.05, 0.1) is 17.4 Å². The van der Waals surface area contributed by atoms with Crippen LogP contribution < -0.4 is 0 Å². The first kappa shape index (κ1) is 20.4. The Balaban J connectivity index is 1.43. The zero-order valence-corrected chi connectivity index (χ0v) is 19.0. The number of amides is 1. The van der Waals surface area contributed by atoms with Crippen molar-refractivity contribution in [2.75, 3.05) is 19.6 Å². The standard InChI is InChI=1S/C24H29N5OS/c1-18(2)29-15-22(26-17-29)21-14-27(13-20-4-3-11-31-20)16-24(21)7-10-28(23(24)30)12-19-5-8-25-9-6-19/h3-6,8-9,11,15,17-18,21H,7,10,12-14,16H2,1-2H3/t21-,24-/m0/s1. The molecule has 5 heterocycles. The highest BCUT2D eigenvalue weighted by molar-refractivity contribution is 7.09. The van der Waals surface area contributed by atoms with Crippen LogP contribution in [0.1, 0.15) is 48.4 Å². The quantitative estimate of drug-likeness (QED) is 0.589. The lowest BCUT2D eigenvalue weighted by Gasteiger charge is -2.28. The zero-order chi connectivity index (χ0) is 21.4. The van der Waals surface area contributed by atoms with Gasteiger partial charge in [0.15, 0.2) is 0 Å². The molecule has 31 heavy (non-hydrogen) atoms. The number of likely N-dealkylation sites (tertiary alicyclic amines) is 2. The molecule has 0 saturated carbocycles. The molecular formula is C24H29N5OS. The van der Waals surface area contributed by atoms with Crippen LogP contribution in [-0.2, 0) is 17.9 Å². The van der Waals surface area contributed by atoms with Gasteiger partial charge in [0.2, 0.25) is 5.91 Å². The highest BCUT2D eigenvalue weighted by Gasteiger charge is 2.57. The highest BCUT2D eigenvalue weighted by Crippen LogP contribution is 2.50. The van der Waals surface area contributed by atoms with E-state index in [2.05, 4.69) is 52.0 Å². The molecule has 1 spiro atoms. The fraction of sp³-hybridized carbons (Fsp3) is 0.458. The van der Waals surface area contributed by atoms with Gasteiger partial charge in [-0.1, -0.05) is 6.07 Å². The van der Waals surface area contributed by atoms with Gasteiger partial charge in [0.1, 0.15) is 0 Å². The minimum atomic E-state index is -0.388. The van der Waals surface area contributed by atoms with Gasteiger partial charge in [-0.05, 0) is 49.4 Å². The number of aromatic nitrogens is 3. The molecule has 2 saturated heterocycles. The van der Waals surface area contributed by atoms with E-state index in [4.69, 9.17) is 4.98 Å². The highest BCUT2D eigenvalue weighted by atomic mass is 32.1. The molecule has 0 unspecified atom stereocenters.